The molecule has 0 saturated heterocycles. The quantitative estimate of drug-likeness (QED) is 0.258. The minimum Gasteiger partial charge on any atom is -0.358 e. The molecule has 0 aliphatic rings. The van der Waals surface area contributed by atoms with Crippen LogP contribution in [0.3, 0.4) is 0 Å². The van der Waals surface area contributed by atoms with Gasteiger partial charge in [0.1, 0.15) is 0 Å². The van der Waals surface area contributed by atoms with Gasteiger partial charge in [-0.2, -0.15) is 6.42 Å². The molecule has 0 saturated carbocycles. The standard InChI is InChI=1S/C18H37.CH3.Y/c1-6-16(3)12-9-8-10-13-18(5)15-11-14-17(4)7-2;;/h16-18H,2,6-15H2,1,3-5H3;1H3;/q2*-1;. The monoisotopic (exact) mass is 357 g/mol. The van der Waals surface area contributed by atoms with Crippen LogP contribution in [-0.2, 0) is 32.7 Å². The van der Waals surface area contributed by atoms with Crippen LogP contribution < -0.4 is 0 Å². The van der Waals surface area contributed by atoms with Crippen molar-refractivity contribution in [3.8, 4) is 0 Å². The molecule has 121 valence electrons. The zero-order valence-corrected chi connectivity index (χ0v) is 17.9. The van der Waals surface area contributed by atoms with Gasteiger partial charge in [-0.1, -0.05) is 91.4 Å². The minimum absolute atomic E-state index is 0. The van der Waals surface area contributed by atoms with E-state index in [9.17, 15) is 0 Å². The van der Waals surface area contributed by atoms with Gasteiger partial charge in [0.25, 0.3) is 0 Å². The second-order valence-corrected chi connectivity index (χ2v) is 6.58. The van der Waals surface area contributed by atoms with Gasteiger partial charge in [-0.25, -0.2) is 0 Å². The predicted molar refractivity (Wildman–Crippen MR) is 91.1 cm³/mol. The van der Waals surface area contributed by atoms with Gasteiger partial charge in [0, 0.05) is 32.7 Å². The van der Waals surface area contributed by atoms with Gasteiger partial charge in [0.05, 0.1) is 0 Å². The van der Waals surface area contributed by atoms with Gasteiger partial charge >= 0.3 is 0 Å². The zero-order valence-electron chi connectivity index (χ0n) is 15.1. The van der Waals surface area contributed by atoms with Crippen LogP contribution in [0.5, 0.6) is 0 Å². The van der Waals surface area contributed by atoms with Crippen molar-refractivity contribution >= 4 is 0 Å². The van der Waals surface area contributed by atoms with Gasteiger partial charge in [0.15, 0.2) is 0 Å². The third kappa shape index (κ3) is 17.2. The molecule has 0 N–H and O–H groups in total. The fourth-order valence-corrected chi connectivity index (χ4v) is 2.47. The van der Waals surface area contributed by atoms with Crippen molar-refractivity contribution in [2.24, 2.45) is 17.8 Å². The molecule has 1 heteroatoms. The molecule has 0 amide bonds. The number of hydrogen-bond donors (Lipinski definition) is 0. The molecule has 0 aromatic heterocycles. The molecule has 0 aliphatic carbocycles. The van der Waals surface area contributed by atoms with Gasteiger partial charge in [-0.05, 0) is 11.8 Å². The van der Waals surface area contributed by atoms with Crippen molar-refractivity contribution in [2.45, 2.75) is 91.9 Å². The van der Waals surface area contributed by atoms with Crippen LogP contribution in [0.25, 0.3) is 0 Å². The van der Waals surface area contributed by atoms with Gasteiger partial charge in [-0.3, -0.25) is 0 Å². The van der Waals surface area contributed by atoms with Gasteiger partial charge in [0.2, 0.25) is 0 Å². The molecule has 0 aliphatic heterocycles. The molecule has 0 nitrogen and oxygen atoms in total. The van der Waals surface area contributed by atoms with Crippen LogP contribution in [0.4, 0.5) is 0 Å². The van der Waals surface area contributed by atoms with E-state index < -0.39 is 0 Å². The second-order valence-electron chi connectivity index (χ2n) is 6.58. The van der Waals surface area contributed by atoms with Crippen molar-refractivity contribution < 1.29 is 32.7 Å². The van der Waals surface area contributed by atoms with Crippen molar-refractivity contribution in [3.63, 3.8) is 0 Å². The Morgan fingerprint density at radius 1 is 0.700 bits per heavy atom. The van der Waals surface area contributed by atoms with Crippen molar-refractivity contribution in [2.75, 3.05) is 0 Å². The summed E-state index contributed by atoms with van der Waals surface area (Å²) in [4.78, 5) is 0. The Balaban J connectivity index is -0.00000144. The first-order chi connectivity index (χ1) is 8.60. The average Bonchev–Trinajstić information content (AvgIpc) is 2.37. The Labute approximate surface area is 156 Å². The van der Waals surface area contributed by atoms with E-state index in [2.05, 4.69) is 34.6 Å². The van der Waals surface area contributed by atoms with E-state index in [-0.39, 0.29) is 40.1 Å². The second kappa shape index (κ2) is 18.2. The molecule has 3 atom stereocenters. The molecule has 0 rings (SSSR count). The van der Waals surface area contributed by atoms with Crippen LogP contribution in [0.2, 0.25) is 0 Å². The summed E-state index contributed by atoms with van der Waals surface area (Å²) in [6.07, 6.45) is 13.9. The molecule has 0 bridgehead atoms. The zero-order chi connectivity index (χ0) is 13.8. The van der Waals surface area contributed by atoms with E-state index in [1.807, 2.05) is 0 Å². The number of rotatable bonds is 12. The van der Waals surface area contributed by atoms with Gasteiger partial charge in [-0.15, -0.1) is 0 Å². The number of unbranched alkanes of at least 4 members (excludes halogenated alkanes) is 2. The first-order valence-corrected chi connectivity index (χ1v) is 8.39. The van der Waals surface area contributed by atoms with E-state index in [4.69, 9.17) is 0 Å². The Bertz CT molecular complexity index is 167. The third-order valence-corrected chi connectivity index (χ3v) is 4.48. The summed E-state index contributed by atoms with van der Waals surface area (Å²) >= 11 is 0. The molecule has 0 fully saturated rings. The van der Waals surface area contributed by atoms with Crippen LogP contribution in [0, 0.1) is 32.1 Å². The van der Waals surface area contributed by atoms with Crippen LogP contribution in [0.1, 0.15) is 91.9 Å². The summed E-state index contributed by atoms with van der Waals surface area (Å²) in [6.45, 7) is 13.4. The third-order valence-electron chi connectivity index (χ3n) is 4.48. The molecule has 0 aromatic carbocycles. The Kier molecular flexibility index (Phi) is 23.6. The van der Waals surface area contributed by atoms with E-state index in [1.54, 1.807) is 0 Å². The summed E-state index contributed by atoms with van der Waals surface area (Å²) in [5.74, 6) is 2.70. The summed E-state index contributed by atoms with van der Waals surface area (Å²) in [6, 6.07) is 0. The Morgan fingerprint density at radius 2 is 1.15 bits per heavy atom. The van der Waals surface area contributed by atoms with E-state index in [0.717, 1.165) is 24.2 Å². The maximum absolute atomic E-state index is 3.97. The fourth-order valence-electron chi connectivity index (χ4n) is 2.47. The smallest absolute Gasteiger partial charge is 0 e. The first-order valence-electron chi connectivity index (χ1n) is 8.39. The predicted octanol–water partition coefficient (Wildman–Crippen LogP) is 7.10. The van der Waals surface area contributed by atoms with E-state index in [1.165, 1.54) is 57.8 Å². The number of hydrogen-bond acceptors (Lipinski definition) is 0. The summed E-state index contributed by atoms with van der Waals surface area (Å²) < 4.78 is 0. The Morgan fingerprint density at radius 3 is 1.65 bits per heavy atom. The maximum Gasteiger partial charge on any atom is 0 e. The normalized spacial score (nSPS) is 14.8. The van der Waals surface area contributed by atoms with Crippen LogP contribution >= 0.6 is 0 Å². The van der Waals surface area contributed by atoms with Gasteiger partial charge < -0.3 is 14.4 Å². The molecular formula is C19H40Y-2. The molecule has 3 unspecified atom stereocenters. The Hall–Kier alpha value is 1.10. The molecule has 1 radical (unpaired) electrons. The van der Waals surface area contributed by atoms with Crippen molar-refractivity contribution in [3.05, 3.63) is 14.4 Å². The summed E-state index contributed by atoms with van der Waals surface area (Å²) in [5.41, 5.74) is 0. The maximum atomic E-state index is 3.97. The topological polar surface area (TPSA) is 0 Å². The minimum atomic E-state index is 0. The molecule has 20 heavy (non-hydrogen) atoms. The largest absolute Gasteiger partial charge is 0.358 e. The molecule has 0 aromatic rings. The first kappa shape index (κ1) is 26.0. The summed E-state index contributed by atoms with van der Waals surface area (Å²) in [7, 11) is 0. The van der Waals surface area contributed by atoms with Crippen molar-refractivity contribution in [1.82, 2.24) is 0 Å². The van der Waals surface area contributed by atoms with E-state index >= 15 is 0 Å². The molecular weight excluding hydrogens is 317 g/mol. The molecule has 0 spiro atoms. The molecule has 0 heterocycles. The average molecular weight is 357 g/mol. The van der Waals surface area contributed by atoms with Crippen LogP contribution in [-0.4, -0.2) is 0 Å². The fraction of sp³-hybridized carbons (Fsp3) is 0.895. The SMILES string of the molecule is [CH2-]CC(C)CCCC(C)CCCCCC(C)CC.[CH3-].[Y]. The summed E-state index contributed by atoms with van der Waals surface area (Å²) in [5, 5.41) is 0. The van der Waals surface area contributed by atoms with E-state index in [0.29, 0.717) is 0 Å². The van der Waals surface area contributed by atoms with Crippen LogP contribution in [0.15, 0.2) is 0 Å². The van der Waals surface area contributed by atoms with Crippen molar-refractivity contribution in [1.29, 1.82) is 0 Å².